The molecule has 0 aliphatic heterocycles. The number of hydrogen-bond donors (Lipinski definition) is 3. The topological polar surface area (TPSA) is 104 Å². The second-order valence-electron chi connectivity index (χ2n) is 7.60. The molecule has 0 heterocycles. The molecule has 2 rings (SSSR count). The van der Waals surface area contributed by atoms with Crippen LogP contribution in [0.3, 0.4) is 0 Å². The standard InChI is InChI=1S/C24H32O6S/c1-2-3-4-18-30-24(20-11-15-22(26)16-12-20)7-5-6-23(31(27,28)29)17-10-19-8-13-21(25)14-9-19/h5,7-9,11-16,23-26H,2-4,6,10,17-18H2,1H3,(H,27,28,29). The molecule has 2 atom stereocenters. The van der Waals surface area contributed by atoms with Crippen molar-refractivity contribution in [2.75, 3.05) is 6.61 Å². The molecular formula is C24H32O6S. The van der Waals surface area contributed by atoms with Crippen molar-refractivity contribution in [1.29, 1.82) is 0 Å². The zero-order valence-electron chi connectivity index (χ0n) is 17.9. The van der Waals surface area contributed by atoms with Crippen molar-refractivity contribution in [2.45, 2.75) is 56.8 Å². The SMILES string of the molecule is CCCCCOC(C=CCC(CCc1ccc(O)cc1)S(=O)(=O)O)c1ccc(O)cc1. The Hall–Kier alpha value is -2.35. The van der Waals surface area contributed by atoms with E-state index in [-0.39, 0.29) is 30.4 Å². The zero-order chi connectivity index (χ0) is 22.7. The lowest BCUT2D eigenvalue weighted by molar-refractivity contribution is 0.0819. The number of phenols is 2. The Morgan fingerprint density at radius 1 is 0.968 bits per heavy atom. The molecule has 0 aliphatic rings. The maximum atomic E-state index is 11.9. The Morgan fingerprint density at radius 2 is 1.58 bits per heavy atom. The lowest BCUT2D eigenvalue weighted by Gasteiger charge is -2.16. The first-order valence-electron chi connectivity index (χ1n) is 10.6. The average molecular weight is 449 g/mol. The molecule has 0 spiro atoms. The smallest absolute Gasteiger partial charge is 0.268 e. The molecule has 170 valence electrons. The average Bonchev–Trinajstić information content (AvgIpc) is 2.73. The minimum absolute atomic E-state index is 0.150. The van der Waals surface area contributed by atoms with Gasteiger partial charge in [0, 0.05) is 6.61 Å². The quantitative estimate of drug-likeness (QED) is 0.222. The van der Waals surface area contributed by atoms with E-state index in [1.165, 1.54) is 0 Å². The van der Waals surface area contributed by atoms with Crippen LogP contribution in [0.5, 0.6) is 11.5 Å². The van der Waals surface area contributed by atoms with E-state index < -0.39 is 15.4 Å². The Balaban J connectivity index is 2.04. The summed E-state index contributed by atoms with van der Waals surface area (Å²) in [5, 5.41) is 18.0. The molecule has 0 saturated heterocycles. The molecule has 0 fully saturated rings. The summed E-state index contributed by atoms with van der Waals surface area (Å²) in [5.41, 5.74) is 1.75. The van der Waals surface area contributed by atoms with Crippen molar-refractivity contribution in [1.82, 2.24) is 0 Å². The molecule has 0 radical (unpaired) electrons. The fourth-order valence-corrected chi connectivity index (χ4v) is 3.99. The summed E-state index contributed by atoms with van der Waals surface area (Å²) in [7, 11) is -4.21. The molecule has 0 bridgehead atoms. The van der Waals surface area contributed by atoms with Crippen LogP contribution in [0.15, 0.2) is 60.7 Å². The van der Waals surface area contributed by atoms with Crippen LogP contribution in [-0.4, -0.2) is 35.0 Å². The van der Waals surface area contributed by atoms with E-state index in [1.807, 2.05) is 0 Å². The summed E-state index contributed by atoms with van der Waals surface area (Å²) >= 11 is 0. The van der Waals surface area contributed by atoms with Gasteiger partial charge in [0.05, 0.1) is 5.25 Å². The molecular weight excluding hydrogens is 416 g/mol. The van der Waals surface area contributed by atoms with Crippen LogP contribution in [0.1, 0.15) is 56.3 Å². The number of rotatable bonds is 13. The second-order valence-corrected chi connectivity index (χ2v) is 9.29. The monoisotopic (exact) mass is 448 g/mol. The van der Waals surface area contributed by atoms with Crippen molar-refractivity contribution >= 4 is 10.1 Å². The summed E-state index contributed by atoms with van der Waals surface area (Å²) in [5.74, 6) is 0.315. The molecule has 0 saturated carbocycles. The predicted molar refractivity (Wildman–Crippen MR) is 122 cm³/mol. The summed E-state index contributed by atoms with van der Waals surface area (Å²) < 4.78 is 39.3. The number of phenolic OH excluding ortho intramolecular Hbond substituents is 2. The van der Waals surface area contributed by atoms with E-state index in [1.54, 1.807) is 60.7 Å². The van der Waals surface area contributed by atoms with Gasteiger partial charge in [0.15, 0.2) is 0 Å². The number of allylic oxidation sites excluding steroid dienone is 1. The number of ether oxygens (including phenoxy) is 1. The number of benzene rings is 2. The highest BCUT2D eigenvalue weighted by atomic mass is 32.2. The minimum atomic E-state index is -4.21. The van der Waals surface area contributed by atoms with Gasteiger partial charge >= 0.3 is 0 Å². The van der Waals surface area contributed by atoms with E-state index in [0.717, 1.165) is 30.4 Å². The third kappa shape index (κ3) is 9.12. The van der Waals surface area contributed by atoms with E-state index in [0.29, 0.717) is 13.0 Å². The molecule has 2 aromatic rings. The highest BCUT2D eigenvalue weighted by Crippen LogP contribution is 2.23. The fraction of sp³-hybridized carbons (Fsp3) is 0.417. The van der Waals surface area contributed by atoms with Crippen molar-refractivity contribution in [3.05, 3.63) is 71.8 Å². The third-order valence-corrected chi connectivity index (χ3v) is 6.36. The first-order chi connectivity index (χ1) is 14.8. The second kappa shape index (κ2) is 12.5. The van der Waals surface area contributed by atoms with Gasteiger partial charge in [-0.05, 0) is 61.1 Å². The molecule has 0 aromatic heterocycles. The van der Waals surface area contributed by atoms with Gasteiger partial charge in [0.2, 0.25) is 0 Å². The van der Waals surface area contributed by atoms with Crippen LogP contribution in [0.25, 0.3) is 0 Å². The highest BCUT2D eigenvalue weighted by Gasteiger charge is 2.21. The molecule has 7 heteroatoms. The van der Waals surface area contributed by atoms with E-state index >= 15 is 0 Å². The summed E-state index contributed by atoms with van der Waals surface area (Å²) in [6, 6.07) is 13.3. The third-order valence-electron chi connectivity index (χ3n) is 5.09. The van der Waals surface area contributed by atoms with Crippen molar-refractivity contribution < 1.29 is 27.9 Å². The Morgan fingerprint density at radius 3 is 2.16 bits per heavy atom. The Bertz CT molecular complexity index is 904. The fourth-order valence-electron chi connectivity index (χ4n) is 3.22. The summed E-state index contributed by atoms with van der Waals surface area (Å²) in [4.78, 5) is 0. The van der Waals surface area contributed by atoms with Gasteiger partial charge in [-0.15, -0.1) is 0 Å². The van der Waals surface area contributed by atoms with Crippen molar-refractivity contribution in [2.24, 2.45) is 0 Å². The van der Waals surface area contributed by atoms with Gasteiger partial charge < -0.3 is 14.9 Å². The van der Waals surface area contributed by atoms with Crippen LogP contribution in [0, 0.1) is 0 Å². The van der Waals surface area contributed by atoms with Crippen molar-refractivity contribution in [3.63, 3.8) is 0 Å². The highest BCUT2D eigenvalue weighted by molar-refractivity contribution is 7.86. The van der Waals surface area contributed by atoms with Crippen LogP contribution < -0.4 is 0 Å². The molecule has 6 nitrogen and oxygen atoms in total. The van der Waals surface area contributed by atoms with Gasteiger partial charge in [-0.2, -0.15) is 8.42 Å². The molecule has 2 unspecified atom stereocenters. The molecule has 2 aromatic carbocycles. The van der Waals surface area contributed by atoms with Crippen LogP contribution in [-0.2, 0) is 21.3 Å². The zero-order valence-corrected chi connectivity index (χ0v) is 18.7. The van der Waals surface area contributed by atoms with Gasteiger partial charge in [0.1, 0.15) is 17.6 Å². The minimum Gasteiger partial charge on any atom is -0.508 e. The van der Waals surface area contributed by atoms with Crippen LogP contribution in [0.4, 0.5) is 0 Å². The van der Waals surface area contributed by atoms with Gasteiger partial charge in [-0.25, -0.2) is 0 Å². The maximum Gasteiger partial charge on any atom is 0.268 e. The maximum absolute atomic E-state index is 11.9. The Kier molecular flexibility index (Phi) is 10.0. The number of aromatic hydroxyl groups is 2. The van der Waals surface area contributed by atoms with E-state index in [2.05, 4.69) is 6.92 Å². The lowest BCUT2D eigenvalue weighted by atomic mass is 10.0. The summed E-state index contributed by atoms with van der Waals surface area (Å²) in [6.45, 7) is 2.69. The molecule has 0 amide bonds. The van der Waals surface area contributed by atoms with Crippen LogP contribution in [0.2, 0.25) is 0 Å². The first kappa shape index (κ1) is 24.9. The molecule has 31 heavy (non-hydrogen) atoms. The predicted octanol–water partition coefficient (Wildman–Crippen LogP) is 5.18. The first-order valence-corrected chi connectivity index (χ1v) is 12.1. The van der Waals surface area contributed by atoms with Crippen LogP contribution >= 0.6 is 0 Å². The summed E-state index contributed by atoms with van der Waals surface area (Å²) in [6.07, 6.45) is 7.13. The number of unbranched alkanes of at least 4 members (excludes halogenated alkanes) is 2. The normalized spacial score (nSPS) is 14.0. The lowest BCUT2D eigenvalue weighted by Crippen LogP contribution is -2.20. The van der Waals surface area contributed by atoms with Gasteiger partial charge in [-0.1, -0.05) is 56.2 Å². The van der Waals surface area contributed by atoms with E-state index in [4.69, 9.17) is 4.74 Å². The van der Waals surface area contributed by atoms with Gasteiger partial charge in [-0.3, -0.25) is 4.55 Å². The van der Waals surface area contributed by atoms with Gasteiger partial charge in [0.25, 0.3) is 10.1 Å². The van der Waals surface area contributed by atoms with Crippen molar-refractivity contribution in [3.8, 4) is 11.5 Å². The van der Waals surface area contributed by atoms with E-state index in [9.17, 15) is 23.2 Å². The largest absolute Gasteiger partial charge is 0.508 e. The Labute approximate surface area is 185 Å². The number of aryl methyl sites for hydroxylation is 1. The molecule has 0 aliphatic carbocycles. The number of hydrogen-bond acceptors (Lipinski definition) is 5. The molecule has 3 N–H and O–H groups in total.